The first kappa shape index (κ1) is 15.0. The number of benzene rings is 1. The summed E-state index contributed by atoms with van der Waals surface area (Å²) < 4.78 is 22.5. The number of primary sulfonamides is 1. The van der Waals surface area contributed by atoms with E-state index < -0.39 is 10.0 Å². The molecule has 0 spiro atoms. The topological polar surface area (TPSA) is 115 Å². The van der Waals surface area contributed by atoms with E-state index in [0.717, 1.165) is 19.3 Å². The van der Waals surface area contributed by atoms with Crippen molar-refractivity contribution in [3.05, 3.63) is 29.8 Å². The molecule has 5 N–H and O–H groups in total. The molecule has 6 nitrogen and oxygen atoms in total. The number of carbonyl (C=O) groups is 1. The van der Waals surface area contributed by atoms with E-state index in [9.17, 15) is 13.2 Å². The van der Waals surface area contributed by atoms with Gasteiger partial charge >= 0.3 is 0 Å². The minimum atomic E-state index is -3.72. The van der Waals surface area contributed by atoms with Gasteiger partial charge in [0, 0.05) is 18.5 Å². The molecule has 0 radical (unpaired) electrons. The fraction of sp³-hybridized carbons (Fsp3) is 0.462. The monoisotopic (exact) mass is 297 g/mol. The van der Waals surface area contributed by atoms with Gasteiger partial charge in [0.25, 0.3) is 0 Å². The number of rotatable bonds is 5. The summed E-state index contributed by atoms with van der Waals surface area (Å²) >= 11 is 0. The lowest BCUT2D eigenvalue weighted by Crippen LogP contribution is -2.49. The van der Waals surface area contributed by atoms with Crippen molar-refractivity contribution in [2.45, 2.75) is 42.7 Å². The van der Waals surface area contributed by atoms with Gasteiger partial charge in [0.2, 0.25) is 15.9 Å². The van der Waals surface area contributed by atoms with Gasteiger partial charge in [-0.25, -0.2) is 13.6 Å². The van der Waals surface area contributed by atoms with Crippen LogP contribution in [0.25, 0.3) is 0 Å². The first-order valence-electron chi connectivity index (χ1n) is 6.46. The van der Waals surface area contributed by atoms with Crippen molar-refractivity contribution < 1.29 is 13.2 Å². The molecule has 110 valence electrons. The van der Waals surface area contributed by atoms with Crippen LogP contribution in [0.5, 0.6) is 0 Å². The summed E-state index contributed by atoms with van der Waals surface area (Å²) in [4.78, 5) is 11.8. The average Bonchev–Trinajstić information content (AvgIpc) is 2.34. The van der Waals surface area contributed by atoms with Gasteiger partial charge in [0.1, 0.15) is 0 Å². The van der Waals surface area contributed by atoms with Crippen molar-refractivity contribution in [2.75, 3.05) is 0 Å². The smallest absolute Gasteiger partial charge is 0.238 e. The maximum atomic E-state index is 11.8. The Kier molecular flexibility index (Phi) is 4.12. The molecule has 0 unspecified atom stereocenters. The molecule has 0 aromatic heterocycles. The lowest BCUT2D eigenvalue weighted by Gasteiger charge is -2.37. The summed E-state index contributed by atoms with van der Waals surface area (Å²) in [5, 5.41) is 7.81. The second-order valence-corrected chi connectivity index (χ2v) is 6.92. The summed E-state index contributed by atoms with van der Waals surface area (Å²) in [6.07, 6.45) is 3.13. The predicted octanol–water partition coefficient (Wildman–Crippen LogP) is 0.222. The van der Waals surface area contributed by atoms with Crippen molar-refractivity contribution in [2.24, 2.45) is 10.9 Å². The first-order chi connectivity index (χ1) is 9.28. The maximum absolute atomic E-state index is 11.8. The SMILES string of the molecule is NC1(CC(=O)NCc2cccc(S(N)(=O)=O)c2)CCC1. The number of amides is 1. The second-order valence-electron chi connectivity index (χ2n) is 5.36. The minimum absolute atomic E-state index is 0.0403. The number of hydrogen-bond donors (Lipinski definition) is 3. The lowest BCUT2D eigenvalue weighted by atomic mass is 9.75. The van der Waals surface area contributed by atoms with Crippen LogP contribution in [-0.4, -0.2) is 19.9 Å². The van der Waals surface area contributed by atoms with Gasteiger partial charge in [-0.05, 0) is 37.0 Å². The molecular weight excluding hydrogens is 278 g/mol. The number of carbonyl (C=O) groups excluding carboxylic acids is 1. The number of nitrogens with one attached hydrogen (secondary N) is 1. The largest absolute Gasteiger partial charge is 0.352 e. The summed E-state index contributed by atoms with van der Waals surface area (Å²) in [6.45, 7) is 0.262. The highest BCUT2D eigenvalue weighted by molar-refractivity contribution is 7.89. The van der Waals surface area contributed by atoms with E-state index in [1.807, 2.05) is 0 Å². The van der Waals surface area contributed by atoms with Crippen LogP contribution in [0.2, 0.25) is 0 Å². The zero-order valence-corrected chi connectivity index (χ0v) is 11.9. The Hall–Kier alpha value is -1.44. The van der Waals surface area contributed by atoms with E-state index in [0.29, 0.717) is 12.0 Å². The van der Waals surface area contributed by atoms with Gasteiger partial charge in [-0.15, -0.1) is 0 Å². The molecule has 1 fully saturated rings. The van der Waals surface area contributed by atoms with Crippen molar-refractivity contribution >= 4 is 15.9 Å². The Labute approximate surface area is 118 Å². The van der Waals surface area contributed by atoms with Crippen LogP contribution in [0.1, 0.15) is 31.2 Å². The average molecular weight is 297 g/mol. The Morgan fingerprint density at radius 2 is 2.05 bits per heavy atom. The van der Waals surface area contributed by atoms with E-state index >= 15 is 0 Å². The normalized spacial score (nSPS) is 17.3. The molecule has 7 heteroatoms. The van der Waals surface area contributed by atoms with E-state index in [2.05, 4.69) is 5.32 Å². The summed E-state index contributed by atoms with van der Waals surface area (Å²) in [7, 11) is -3.72. The van der Waals surface area contributed by atoms with Crippen molar-refractivity contribution in [3.8, 4) is 0 Å². The van der Waals surface area contributed by atoms with Crippen LogP contribution in [0, 0.1) is 0 Å². The summed E-state index contributed by atoms with van der Waals surface area (Å²) in [6, 6.07) is 6.20. The maximum Gasteiger partial charge on any atom is 0.238 e. The van der Waals surface area contributed by atoms with Gasteiger partial charge in [-0.3, -0.25) is 4.79 Å². The van der Waals surface area contributed by atoms with Gasteiger partial charge in [0.15, 0.2) is 0 Å². The zero-order chi connectivity index (χ0) is 14.8. The van der Waals surface area contributed by atoms with Crippen molar-refractivity contribution in [3.63, 3.8) is 0 Å². The molecule has 0 aliphatic heterocycles. The predicted molar refractivity (Wildman–Crippen MR) is 75.0 cm³/mol. The van der Waals surface area contributed by atoms with Crippen LogP contribution >= 0.6 is 0 Å². The Bertz CT molecular complexity index is 609. The zero-order valence-electron chi connectivity index (χ0n) is 11.1. The van der Waals surface area contributed by atoms with Crippen LogP contribution in [-0.2, 0) is 21.4 Å². The van der Waals surface area contributed by atoms with Crippen LogP contribution in [0.4, 0.5) is 0 Å². The molecule has 1 aliphatic rings. The van der Waals surface area contributed by atoms with E-state index in [1.165, 1.54) is 12.1 Å². The van der Waals surface area contributed by atoms with Crippen molar-refractivity contribution in [1.82, 2.24) is 5.32 Å². The Morgan fingerprint density at radius 3 is 2.60 bits per heavy atom. The molecule has 1 aromatic rings. The summed E-state index contributed by atoms with van der Waals surface area (Å²) in [5.74, 6) is -0.117. The van der Waals surface area contributed by atoms with E-state index in [-0.39, 0.29) is 22.9 Å². The van der Waals surface area contributed by atoms with Crippen LogP contribution in [0.3, 0.4) is 0 Å². The Morgan fingerprint density at radius 1 is 1.35 bits per heavy atom. The van der Waals surface area contributed by atoms with Gasteiger partial charge in [-0.1, -0.05) is 12.1 Å². The lowest BCUT2D eigenvalue weighted by molar-refractivity contribution is -0.123. The fourth-order valence-corrected chi connectivity index (χ4v) is 2.81. The summed E-state index contributed by atoms with van der Waals surface area (Å²) in [5.41, 5.74) is 6.33. The Balaban J connectivity index is 1.92. The molecule has 1 saturated carbocycles. The molecule has 20 heavy (non-hydrogen) atoms. The fourth-order valence-electron chi connectivity index (χ4n) is 2.22. The van der Waals surface area contributed by atoms with Gasteiger partial charge < -0.3 is 11.1 Å². The van der Waals surface area contributed by atoms with Crippen LogP contribution in [0.15, 0.2) is 29.2 Å². The molecule has 0 heterocycles. The molecule has 2 rings (SSSR count). The minimum Gasteiger partial charge on any atom is -0.352 e. The number of hydrogen-bond acceptors (Lipinski definition) is 4. The molecular formula is C13H19N3O3S. The van der Waals surface area contributed by atoms with E-state index in [4.69, 9.17) is 10.9 Å². The molecule has 0 bridgehead atoms. The third kappa shape index (κ3) is 3.78. The molecule has 1 aromatic carbocycles. The van der Waals surface area contributed by atoms with Gasteiger partial charge in [0.05, 0.1) is 4.90 Å². The standard InChI is InChI=1S/C13H19N3O3S/c14-13(5-2-6-13)8-12(17)16-9-10-3-1-4-11(7-10)20(15,18)19/h1,3-4,7H,2,5-6,8-9,14H2,(H,16,17)(H2,15,18,19). The number of sulfonamides is 1. The quantitative estimate of drug-likeness (QED) is 0.721. The first-order valence-corrected chi connectivity index (χ1v) is 8.00. The molecule has 1 aliphatic carbocycles. The third-order valence-corrected chi connectivity index (χ3v) is 4.49. The third-order valence-electron chi connectivity index (χ3n) is 3.58. The molecule has 0 atom stereocenters. The van der Waals surface area contributed by atoms with Gasteiger partial charge in [-0.2, -0.15) is 0 Å². The molecule has 1 amide bonds. The molecule has 0 saturated heterocycles. The number of nitrogens with two attached hydrogens (primary N) is 2. The van der Waals surface area contributed by atoms with E-state index in [1.54, 1.807) is 12.1 Å². The van der Waals surface area contributed by atoms with Crippen LogP contribution < -0.4 is 16.2 Å². The highest BCUT2D eigenvalue weighted by Crippen LogP contribution is 2.31. The highest BCUT2D eigenvalue weighted by atomic mass is 32.2. The highest BCUT2D eigenvalue weighted by Gasteiger charge is 2.34. The second kappa shape index (κ2) is 5.51. The van der Waals surface area contributed by atoms with Crippen molar-refractivity contribution in [1.29, 1.82) is 0 Å².